The van der Waals surface area contributed by atoms with Crippen LogP contribution in [0.1, 0.15) is 44.8 Å². The number of aryl methyl sites for hydroxylation is 2. The highest BCUT2D eigenvalue weighted by Crippen LogP contribution is 2.30. The fourth-order valence-corrected chi connectivity index (χ4v) is 2.70. The van der Waals surface area contributed by atoms with Gasteiger partial charge in [-0.05, 0) is 25.8 Å². The van der Waals surface area contributed by atoms with Crippen molar-refractivity contribution in [3.8, 4) is 5.75 Å². The highest BCUT2D eigenvalue weighted by Gasteiger charge is 2.22. The predicted molar refractivity (Wildman–Crippen MR) is 76.6 cm³/mol. The van der Waals surface area contributed by atoms with E-state index in [-0.39, 0.29) is 5.78 Å². The Morgan fingerprint density at radius 3 is 2.86 bits per heavy atom. The minimum atomic E-state index is -0.438. The van der Waals surface area contributed by atoms with Gasteiger partial charge in [0.25, 0.3) is 0 Å². The first-order chi connectivity index (χ1) is 10.1. The first-order valence-corrected chi connectivity index (χ1v) is 6.94. The van der Waals surface area contributed by atoms with Crippen LogP contribution in [0.25, 0.3) is 0 Å². The molecule has 0 saturated heterocycles. The Balaban J connectivity index is 1.92. The maximum absolute atomic E-state index is 12.3. The number of nitrogens with zero attached hydrogens (tertiary/aromatic N) is 2. The lowest BCUT2D eigenvalue weighted by molar-refractivity contribution is 0.0730. The first-order valence-electron chi connectivity index (χ1n) is 6.94. The van der Waals surface area contributed by atoms with Gasteiger partial charge in [0, 0.05) is 30.8 Å². The number of esters is 1. The number of carbonyl (C=O) groups excluding carboxylic acids is 2. The molecule has 0 radical (unpaired) electrons. The zero-order chi connectivity index (χ0) is 15.0. The van der Waals surface area contributed by atoms with E-state index in [4.69, 9.17) is 4.74 Å². The van der Waals surface area contributed by atoms with Gasteiger partial charge in [0.2, 0.25) is 0 Å². The quantitative estimate of drug-likeness (QED) is 0.628. The number of fused-ring (bicyclic) bond motifs is 1. The summed E-state index contributed by atoms with van der Waals surface area (Å²) in [5, 5.41) is 4.14. The van der Waals surface area contributed by atoms with E-state index in [0.717, 1.165) is 18.4 Å². The van der Waals surface area contributed by atoms with E-state index in [1.165, 1.54) is 0 Å². The van der Waals surface area contributed by atoms with Gasteiger partial charge in [-0.2, -0.15) is 5.10 Å². The molecule has 2 aromatic rings. The van der Waals surface area contributed by atoms with E-state index in [2.05, 4.69) is 5.10 Å². The molecule has 0 atom stereocenters. The van der Waals surface area contributed by atoms with Crippen LogP contribution in [0.4, 0.5) is 0 Å². The lowest BCUT2D eigenvalue weighted by atomic mass is 9.90. The third-order valence-corrected chi connectivity index (χ3v) is 3.70. The van der Waals surface area contributed by atoms with E-state index in [9.17, 15) is 9.59 Å². The van der Waals surface area contributed by atoms with Gasteiger partial charge in [-0.1, -0.05) is 12.1 Å². The highest BCUT2D eigenvalue weighted by molar-refractivity contribution is 5.99. The summed E-state index contributed by atoms with van der Waals surface area (Å²) in [7, 11) is 1.76. The van der Waals surface area contributed by atoms with Crippen LogP contribution in [0.2, 0.25) is 0 Å². The van der Waals surface area contributed by atoms with Crippen LogP contribution in [0.3, 0.4) is 0 Å². The number of benzene rings is 1. The number of carbonyl (C=O) groups is 2. The zero-order valence-corrected chi connectivity index (χ0v) is 12.0. The number of ketones is 1. The van der Waals surface area contributed by atoms with Crippen molar-refractivity contribution in [3.63, 3.8) is 0 Å². The van der Waals surface area contributed by atoms with Crippen molar-refractivity contribution in [3.05, 3.63) is 46.8 Å². The molecule has 1 aromatic heterocycles. The third kappa shape index (κ3) is 2.46. The number of ether oxygens (including phenoxy) is 1. The summed E-state index contributed by atoms with van der Waals surface area (Å²) in [4.78, 5) is 24.2. The van der Waals surface area contributed by atoms with Crippen molar-refractivity contribution >= 4 is 11.8 Å². The molecule has 21 heavy (non-hydrogen) atoms. The van der Waals surface area contributed by atoms with E-state index < -0.39 is 5.97 Å². The molecule has 0 saturated carbocycles. The summed E-state index contributed by atoms with van der Waals surface area (Å²) < 4.78 is 7.08. The Bertz CT molecular complexity index is 731. The van der Waals surface area contributed by atoms with Gasteiger partial charge >= 0.3 is 5.97 Å². The van der Waals surface area contributed by atoms with Crippen molar-refractivity contribution in [1.82, 2.24) is 9.78 Å². The average Bonchev–Trinajstić information content (AvgIpc) is 2.79. The summed E-state index contributed by atoms with van der Waals surface area (Å²) in [6.07, 6.45) is 3.76. The van der Waals surface area contributed by atoms with Crippen LogP contribution in [0.15, 0.2) is 24.4 Å². The Morgan fingerprint density at radius 2 is 2.14 bits per heavy atom. The fraction of sp³-hybridized carbons (Fsp3) is 0.312. The second kappa shape index (κ2) is 5.16. The Hall–Kier alpha value is -2.43. The predicted octanol–water partition coefficient (Wildman–Crippen LogP) is 2.47. The molecule has 5 heteroatoms. The molecular formula is C16H16N2O3. The van der Waals surface area contributed by atoms with Gasteiger partial charge in [-0.3, -0.25) is 9.48 Å². The van der Waals surface area contributed by atoms with Gasteiger partial charge in [-0.25, -0.2) is 4.79 Å². The molecule has 1 heterocycles. The average molecular weight is 284 g/mol. The van der Waals surface area contributed by atoms with Crippen molar-refractivity contribution in [1.29, 1.82) is 0 Å². The summed E-state index contributed by atoms with van der Waals surface area (Å²) >= 11 is 0. The van der Waals surface area contributed by atoms with Crippen molar-refractivity contribution < 1.29 is 14.3 Å². The Kier molecular flexibility index (Phi) is 3.33. The normalized spacial score (nSPS) is 13.9. The second-order valence-electron chi connectivity index (χ2n) is 5.25. The molecule has 0 amide bonds. The number of hydrogen-bond donors (Lipinski definition) is 0. The maximum atomic E-state index is 12.3. The van der Waals surface area contributed by atoms with E-state index >= 15 is 0 Å². The van der Waals surface area contributed by atoms with Crippen molar-refractivity contribution in [2.24, 2.45) is 7.05 Å². The summed E-state index contributed by atoms with van der Waals surface area (Å²) in [5.41, 5.74) is 2.58. The van der Waals surface area contributed by atoms with Crippen LogP contribution >= 0.6 is 0 Å². The molecule has 0 unspecified atom stereocenters. The van der Waals surface area contributed by atoms with Gasteiger partial charge in [0.05, 0.1) is 5.69 Å². The van der Waals surface area contributed by atoms with E-state index in [0.29, 0.717) is 29.0 Å². The van der Waals surface area contributed by atoms with Crippen molar-refractivity contribution in [2.45, 2.75) is 26.2 Å². The van der Waals surface area contributed by atoms with Crippen LogP contribution in [-0.4, -0.2) is 21.5 Å². The SMILES string of the molecule is Cc1nn(C)cc1C(=O)Oc1cccc2c1CCCC2=O. The summed E-state index contributed by atoms with van der Waals surface area (Å²) in [6.45, 7) is 1.76. The Morgan fingerprint density at radius 1 is 1.33 bits per heavy atom. The van der Waals surface area contributed by atoms with Gasteiger partial charge in [0.15, 0.2) is 5.78 Å². The molecule has 0 spiro atoms. The lowest BCUT2D eigenvalue weighted by Crippen LogP contribution is -2.15. The molecule has 0 fully saturated rings. The van der Waals surface area contributed by atoms with Gasteiger partial charge < -0.3 is 4.74 Å². The fourth-order valence-electron chi connectivity index (χ4n) is 2.70. The minimum absolute atomic E-state index is 0.117. The molecule has 108 valence electrons. The lowest BCUT2D eigenvalue weighted by Gasteiger charge is -2.17. The Labute approximate surface area is 122 Å². The van der Waals surface area contributed by atoms with Gasteiger partial charge in [-0.15, -0.1) is 0 Å². The molecule has 1 aromatic carbocycles. The van der Waals surface area contributed by atoms with E-state index in [1.54, 1.807) is 43.0 Å². The van der Waals surface area contributed by atoms with Gasteiger partial charge in [0.1, 0.15) is 11.3 Å². The largest absolute Gasteiger partial charge is 0.423 e. The van der Waals surface area contributed by atoms with Crippen molar-refractivity contribution in [2.75, 3.05) is 0 Å². The molecule has 0 bridgehead atoms. The first kappa shape index (κ1) is 13.5. The maximum Gasteiger partial charge on any atom is 0.347 e. The number of Topliss-reactive ketones (excluding diaryl/α,β-unsaturated/α-hetero) is 1. The van der Waals surface area contributed by atoms with Crippen LogP contribution < -0.4 is 4.74 Å². The number of aromatic nitrogens is 2. The van der Waals surface area contributed by atoms with Crippen LogP contribution in [0, 0.1) is 6.92 Å². The highest BCUT2D eigenvalue weighted by atomic mass is 16.5. The molecule has 0 N–H and O–H groups in total. The molecular weight excluding hydrogens is 268 g/mol. The standard InChI is InChI=1S/C16H16N2O3/c1-10-13(9-18(2)17-10)16(20)21-15-8-4-5-11-12(15)6-3-7-14(11)19/h4-5,8-9H,3,6-7H2,1-2H3. The smallest absolute Gasteiger partial charge is 0.347 e. The molecule has 1 aliphatic carbocycles. The van der Waals surface area contributed by atoms with Crippen LogP contribution in [-0.2, 0) is 13.5 Å². The molecule has 0 aliphatic heterocycles. The molecule has 5 nitrogen and oxygen atoms in total. The number of rotatable bonds is 2. The zero-order valence-electron chi connectivity index (χ0n) is 12.0. The monoisotopic (exact) mass is 284 g/mol. The topological polar surface area (TPSA) is 61.2 Å². The van der Waals surface area contributed by atoms with E-state index in [1.807, 2.05) is 0 Å². The summed E-state index contributed by atoms with van der Waals surface area (Å²) in [5.74, 6) is 0.160. The minimum Gasteiger partial charge on any atom is -0.423 e. The molecule has 1 aliphatic rings. The van der Waals surface area contributed by atoms with Crippen LogP contribution in [0.5, 0.6) is 5.75 Å². The third-order valence-electron chi connectivity index (χ3n) is 3.70. The second-order valence-corrected chi connectivity index (χ2v) is 5.25. The number of hydrogen-bond acceptors (Lipinski definition) is 4. The molecule has 3 rings (SSSR count). The summed E-state index contributed by atoms with van der Waals surface area (Å²) in [6, 6.07) is 5.28.